The summed E-state index contributed by atoms with van der Waals surface area (Å²) in [6, 6.07) is 17.4. The van der Waals surface area contributed by atoms with E-state index in [1.807, 2.05) is 19.1 Å². The fourth-order valence-electron chi connectivity index (χ4n) is 2.59. The molecule has 0 radical (unpaired) electrons. The molecular formula is C24H26. The molecule has 0 unspecified atom stereocenters. The molecule has 0 atom stereocenters. The van der Waals surface area contributed by atoms with Crippen LogP contribution in [-0.4, -0.2) is 0 Å². The van der Waals surface area contributed by atoms with Gasteiger partial charge in [-0.25, -0.2) is 0 Å². The van der Waals surface area contributed by atoms with Gasteiger partial charge in [-0.15, -0.1) is 0 Å². The van der Waals surface area contributed by atoms with E-state index < -0.39 is 0 Å². The maximum Gasteiger partial charge on any atom is -0.0184 e. The third kappa shape index (κ3) is 4.45. The van der Waals surface area contributed by atoms with Crippen LogP contribution >= 0.6 is 0 Å². The normalized spacial score (nSPS) is 12.7. The van der Waals surface area contributed by atoms with Crippen molar-refractivity contribution in [3.05, 3.63) is 102 Å². The van der Waals surface area contributed by atoms with Gasteiger partial charge in [-0.3, -0.25) is 0 Å². The average Bonchev–Trinajstić information content (AvgIpc) is 2.60. The van der Waals surface area contributed by atoms with Crippen molar-refractivity contribution in [1.82, 2.24) is 0 Å². The van der Waals surface area contributed by atoms with Crippen molar-refractivity contribution in [2.24, 2.45) is 0 Å². The number of aryl methyl sites for hydroxylation is 1. The Balaban J connectivity index is 2.26. The van der Waals surface area contributed by atoms with E-state index in [2.05, 4.69) is 88.0 Å². The lowest BCUT2D eigenvalue weighted by Gasteiger charge is -2.08. The van der Waals surface area contributed by atoms with Crippen LogP contribution in [0.2, 0.25) is 0 Å². The maximum absolute atomic E-state index is 4.10. The first-order chi connectivity index (χ1) is 11.5. The highest BCUT2D eigenvalue weighted by molar-refractivity contribution is 5.77. The average molecular weight is 314 g/mol. The SMILES string of the molecule is C=C(C=CC)C(C)=CC(=CC)c1ccc(-c2ccc(C)cc2)cc1. The molecule has 0 saturated carbocycles. The molecule has 0 bridgehead atoms. The van der Waals surface area contributed by atoms with E-state index in [1.54, 1.807) is 0 Å². The summed E-state index contributed by atoms with van der Waals surface area (Å²) in [4.78, 5) is 0. The molecule has 0 spiro atoms. The van der Waals surface area contributed by atoms with Gasteiger partial charge in [0.1, 0.15) is 0 Å². The third-order valence-corrected chi connectivity index (χ3v) is 4.16. The van der Waals surface area contributed by atoms with E-state index in [1.165, 1.54) is 33.4 Å². The van der Waals surface area contributed by atoms with Gasteiger partial charge in [-0.05, 0) is 61.1 Å². The van der Waals surface area contributed by atoms with E-state index in [9.17, 15) is 0 Å². The molecule has 0 heterocycles. The first-order valence-electron chi connectivity index (χ1n) is 8.39. The first-order valence-corrected chi connectivity index (χ1v) is 8.39. The molecule has 0 N–H and O–H groups in total. The lowest BCUT2D eigenvalue weighted by atomic mass is 9.97. The van der Waals surface area contributed by atoms with E-state index in [0.717, 1.165) is 5.57 Å². The van der Waals surface area contributed by atoms with Gasteiger partial charge in [-0.2, -0.15) is 0 Å². The summed E-state index contributed by atoms with van der Waals surface area (Å²) in [5.74, 6) is 0. The highest BCUT2D eigenvalue weighted by Crippen LogP contribution is 2.25. The molecule has 0 fully saturated rings. The summed E-state index contributed by atoms with van der Waals surface area (Å²) in [7, 11) is 0. The topological polar surface area (TPSA) is 0 Å². The van der Waals surface area contributed by atoms with Gasteiger partial charge >= 0.3 is 0 Å². The molecule has 0 nitrogen and oxygen atoms in total. The zero-order valence-electron chi connectivity index (χ0n) is 15.1. The second-order valence-electron chi connectivity index (χ2n) is 6.04. The van der Waals surface area contributed by atoms with Gasteiger partial charge in [0.25, 0.3) is 0 Å². The summed E-state index contributed by atoms with van der Waals surface area (Å²) in [5, 5.41) is 0. The van der Waals surface area contributed by atoms with Crippen LogP contribution in [0.4, 0.5) is 0 Å². The van der Waals surface area contributed by atoms with Crippen LogP contribution in [0.3, 0.4) is 0 Å². The highest BCUT2D eigenvalue weighted by Gasteiger charge is 2.02. The Morgan fingerprint density at radius 1 is 0.875 bits per heavy atom. The minimum atomic E-state index is 1.05. The Morgan fingerprint density at radius 2 is 1.42 bits per heavy atom. The van der Waals surface area contributed by atoms with Crippen molar-refractivity contribution in [1.29, 1.82) is 0 Å². The number of hydrogen-bond acceptors (Lipinski definition) is 0. The fourth-order valence-corrected chi connectivity index (χ4v) is 2.59. The molecule has 0 saturated heterocycles. The zero-order chi connectivity index (χ0) is 17.5. The van der Waals surface area contributed by atoms with Gasteiger partial charge in [0.2, 0.25) is 0 Å². The van der Waals surface area contributed by atoms with Crippen molar-refractivity contribution < 1.29 is 0 Å². The number of benzene rings is 2. The molecule has 2 aromatic rings. The molecule has 24 heavy (non-hydrogen) atoms. The Hall–Kier alpha value is -2.60. The molecule has 0 aliphatic carbocycles. The van der Waals surface area contributed by atoms with E-state index in [0.29, 0.717) is 0 Å². The zero-order valence-corrected chi connectivity index (χ0v) is 15.1. The lowest BCUT2D eigenvalue weighted by molar-refractivity contribution is 1.43. The van der Waals surface area contributed by atoms with Crippen LogP contribution in [0.5, 0.6) is 0 Å². The predicted molar refractivity (Wildman–Crippen MR) is 108 cm³/mol. The summed E-state index contributed by atoms with van der Waals surface area (Å²) >= 11 is 0. The molecule has 2 aromatic carbocycles. The highest BCUT2D eigenvalue weighted by atomic mass is 14.1. The summed E-state index contributed by atoms with van der Waals surface area (Å²) in [6.45, 7) is 12.4. The third-order valence-electron chi connectivity index (χ3n) is 4.16. The number of rotatable bonds is 5. The van der Waals surface area contributed by atoms with Crippen LogP contribution < -0.4 is 0 Å². The number of allylic oxidation sites excluding steroid dienone is 7. The van der Waals surface area contributed by atoms with Crippen molar-refractivity contribution in [3.8, 4) is 11.1 Å². The molecule has 0 amide bonds. The van der Waals surface area contributed by atoms with E-state index >= 15 is 0 Å². The van der Waals surface area contributed by atoms with Gasteiger partial charge in [0, 0.05) is 0 Å². The Kier molecular flexibility index (Phi) is 6.14. The Bertz CT molecular complexity index is 779. The molecule has 122 valence electrons. The lowest BCUT2D eigenvalue weighted by Crippen LogP contribution is -1.86. The van der Waals surface area contributed by atoms with E-state index in [4.69, 9.17) is 0 Å². The molecule has 0 heteroatoms. The molecule has 0 aliphatic rings. The maximum atomic E-state index is 4.10. The van der Waals surface area contributed by atoms with Crippen molar-refractivity contribution in [2.45, 2.75) is 27.7 Å². The van der Waals surface area contributed by atoms with Gasteiger partial charge in [-0.1, -0.05) is 85.0 Å². The van der Waals surface area contributed by atoms with Crippen LogP contribution in [0, 0.1) is 6.92 Å². The summed E-state index contributed by atoms with van der Waals surface area (Å²) in [6.07, 6.45) is 8.40. The minimum absolute atomic E-state index is 1.05. The van der Waals surface area contributed by atoms with Crippen molar-refractivity contribution >= 4 is 5.57 Å². The van der Waals surface area contributed by atoms with Crippen molar-refractivity contribution in [2.75, 3.05) is 0 Å². The van der Waals surface area contributed by atoms with Gasteiger partial charge < -0.3 is 0 Å². The second kappa shape index (κ2) is 8.31. The first kappa shape index (κ1) is 17.7. The monoisotopic (exact) mass is 314 g/mol. The molecule has 2 rings (SSSR count). The molecule has 0 aromatic heterocycles. The fraction of sp³-hybridized carbons (Fsp3) is 0.167. The minimum Gasteiger partial charge on any atom is -0.0915 e. The standard InChI is InChI=1S/C24H26/c1-6-8-19(4)20(5)17-21(7-2)22-13-15-24(16-14-22)23-11-9-18(3)10-12-23/h6-17H,4H2,1-3,5H3. The molecule has 0 aliphatic heterocycles. The van der Waals surface area contributed by atoms with Crippen molar-refractivity contribution in [3.63, 3.8) is 0 Å². The Labute approximate surface area is 146 Å². The number of hydrogen-bond donors (Lipinski definition) is 0. The van der Waals surface area contributed by atoms with E-state index in [-0.39, 0.29) is 0 Å². The smallest absolute Gasteiger partial charge is 0.0184 e. The van der Waals surface area contributed by atoms with Crippen LogP contribution in [-0.2, 0) is 0 Å². The van der Waals surface area contributed by atoms with Crippen LogP contribution in [0.25, 0.3) is 16.7 Å². The second-order valence-corrected chi connectivity index (χ2v) is 6.04. The summed E-state index contributed by atoms with van der Waals surface area (Å²) in [5.41, 5.74) is 8.45. The van der Waals surface area contributed by atoms with Crippen LogP contribution in [0.15, 0.2) is 90.6 Å². The Morgan fingerprint density at radius 3 is 1.92 bits per heavy atom. The largest absolute Gasteiger partial charge is 0.0915 e. The predicted octanol–water partition coefficient (Wildman–Crippen LogP) is 7.14. The van der Waals surface area contributed by atoms with Gasteiger partial charge in [0.05, 0.1) is 0 Å². The van der Waals surface area contributed by atoms with Crippen LogP contribution in [0.1, 0.15) is 31.9 Å². The quantitative estimate of drug-likeness (QED) is 0.514. The molecular weight excluding hydrogens is 288 g/mol. The summed E-state index contributed by atoms with van der Waals surface area (Å²) < 4.78 is 0. The van der Waals surface area contributed by atoms with Gasteiger partial charge in [0.15, 0.2) is 0 Å².